The summed E-state index contributed by atoms with van der Waals surface area (Å²) in [4.78, 5) is 9.58. The quantitative estimate of drug-likeness (QED) is 0.236. The van der Waals surface area contributed by atoms with Crippen LogP contribution in [0.5, 0.6) is 5.75 Å². The number of halogens is 3. The first-order valence-corrected chi connectivity index (χ1v) is 14.5. The Morgan fingerprint density at radius 3 is 2.50 bits per heavy atom. The lowest BCUT2D eigenvalue weighted by atomic mass is 10.0. The number of aromatic nitrogens is 5. The number of hydrogen-bond donors (Lipinski definition) is 0. The molecule has 3 heterocycles. The van der Waals surface area contributed by atoms with Crippen LogP contribution < -0.4 is 10.0 Å². The molecule has 0 saturated heterocycles. The number of nitrogens with zero attached hydrogens (tertiary/aromatic N) is 5. The molecule has 0 N–H and O–H groups in total. The summed E-state index contributed by atoms with van der Waals surface area (Å²) < 4.78 is 50.7. The van der Waals surface area contributed by atoms with Gasteiger partial charge in [0, 0.05) is 10.9 Å². The van der Waals surface area contributed by atoms with Gasteiger partial charge < -0.3 is 4.74 Å². The molecule has 0 saturated carbocycles. The number of ether oxygens (including phenoxy) is 1. The van der Waals surface area contributed by atoms with Crippen molar-refractivity contribution < 1.29 is 17.9 Å². The lowest BCUT2D eigenvalue weighted by molar-refractivity contribution is -0.0498. The summed E-state index contributed by atoms with van der Waals surface area (Å²) in [5, 5.41) is 5.36. The third kappa shape index (κ3) is 3.88. The van der Waals surface area contributed by atoms with E-state index in [1.165, 1.54) is 6.07 Å². The van der Waals surface area contributed by atoms with Crippen molar-refractivity contribution in [2.75, 3.05) is 13.3 Å². The zero-order valence-electron chi connectivity index (χ0n) is 21.3. The van der Waals surface area contributed by atoms with Gasteiger partial charge in [0.15, 0.2) is 11.6 Å². The Morgan fingerprint density at radius 1 is 1.03 bits per heavy atom. The van der Waals surface area contributed by atoms with Gasteiger partial charge in [0.25, 0.3) is 0 Å². The largest absolute Gasteiger partial charge is 0.433 e. The van der Waals surface area contributed by atoms with Crippen molar-refractivity contribution in [1.29, 1.82) is 0 Å². The van der Waals surface area contributed by atoms with E-state index in [1.807, 2.05) is 65.9 Å². The highest BCUT2D eigenvalue weighted by Crippen LogP contribution is 2.43. The molecule has 2 aromatic heterocycles. The molecule has 6 rings (SSSR count). The number of para-hydroxylation sites is 1. The summed E-state index contributed by atoms with van der Waals surface area (Å²) in [6.45, 7) is 4.84. The van der Waals surface area contributed by atoms with Crippen molar-refractivity contribution in [3.63, 3.8) is 0 Å². The molecule has 0 aliphatic carbocycles. The second-order valence-electron chi connectivity index (χ2n) is 9.45. The molecule has 1 unspecified atom stereocenters. The highest BCUT2D eigenvalue weighted by Gasteiger charge is 2.33. The molecule has 0 fully saturated rings. The molecule has 194 valence electrons. The molecule has 0 spiro atoms. The van der Waals surface area contributed by atoms with Crippen molar-refractivity contribution >= 4 is 24.3 Å². The van der Waals surface area contributed by atoms with Gasteiger partial charge in [0.05, 0.1) is 11.0 Å². The third-order valence-corrected chi connectivity index (χ3v) is 8.17. The highest BCUT2D eigenvalue weighted by atomic mass is 31.1. The van der Waals surface area contributed by atoms with Gasteiger partial charge in [0.1, 0.15) is 29.2 Å². The van der Waals surface area contributed by atoms with Gasteiger partial charge >= 0.3 is 6.61 Å². The minimum atomic E-state index is -3.01. The molecule has 38 heavy (non-hydrogen) atoms. The lowest BCUT2D eigenvalue weighted by Gasteiger charge is -2.17. The van der Waals surface area contributed by atoms with E-state index in [1.54, 1.807) is 19.1 Å². The minimum absolute atomic E-state index is 0.0158. The maximum Gasteiger partial charge on any atom is 0.387 e. The van der Waals surface area contributed by atoms with Crippen molar-refractivity contribution in [2.45, 2.75) is 32.9 Å². The molecule has 0 radical (unpaired) electrons. The average molecular weight is 536 g/mol. The molecule has 0 amide bonds. The average Bonchev–Trinajstić information content (AvgIpc) is 3.41. The predicted molar refractivity (Wildman–Crippen MR) is 144 cm³/mol. The van der Waals surface area contributed by atoms with Crippen LogP contribution in [0.25, 0.3) is 39.2 Å². The van der Waals surface area contributed by atoms with Crippen molar-refractivity contribution in [3.05, 3.63) is 72.1 Å². The number of alkyl halides is 2. The Hall–Kier alpha value is -3.71. The standard InChI is InChI=1S/C28H25F3N5OP/c1-5-21-27-33-20-11-9-17(16-10-12-24(38(3)4)19(29)13-16)14-22(20)35(27)25-18(26-32-15(2)34-36(21)26)7-6-8-23(25)37-28(30)31/h6-14,21,28H,5H2,1-4H3. The lowest BCUT2D eigenvalue weighted by Crippen LogP contribution is -2.15. The van der Waals surface area contributed by atoms with Crippen LogP contribution in [0.1, 0.15) is 31.0 Å². The van der Waals surface area contributed by atoms with Gasteiger partial charge in [-0.1, -0.05) is 39.1 Å². The van der Waals surface area contributed by atoms with Gasteiger partial charge in [-0.25, -0.2) is 19.0 Å². The fourth-order valence-corrected chi connectivity index (χ4v) is 6.07. The van der Waals surface area contributed by atoms with Gasteiger partial charge in [-0.05, 0) is 68.1 Å². The van der Waals surface area contributed by atoms with Crippen LogP contribution in [0.4, 0.5) is 13.2 Å². The van der Waals surface area contributed by atoms with Gasteiger partial charge in [0.2, 0.25) is 0 Å². The molecule has 1 atom stereocenters. The second kappa shape index (κ2) is 9.24. The van der Waals surface area contributed by atoms with E-state index in [9.17, 15) is 13.2 Å². The van der Waals surface area contributed by atoms with Crippen molar-refractivity contribution in [3.8, 4) is 34.0 Å². The second-order valence-corrected chi connectivity index (χ2v) is 11.7. The number of rotatable bonds is 5. The fourth-order valence-electron chi connectivity index (χ4n) is 5.20. The summed E-state index contributed by atoms with van der Waals surface area (Å²) in [6.07, 6.45) is 0.648. The first-order valence-electron chi connectivity index (χ1n) is 12.3. The van der Waals surface area contributed by atoms with E-state index in [4.69, 9.17) is 9.72 Å². The Kier molecular flexibility index (Phi) is 5.99. The predicted octanol–water partition coefficient (Wildman–Crippen LogP) is 6.68. The first kappa shape index (κ1) is 24.6. The van der Waals surface area contributed by atoms with Crippen LogP contribution in [-0.2, 0) is 0 Å². The van der Waals surface area contributed by atoms with E-state index < -0.39 is 14.5 Å². The number of imidazole rings is 1. The van der Waals surface area contributed by atoms with Gasteiger partial charge in [-0.3, -0.25) is 4.57 Å². The Balaban J connectivity index is 1.65. The first-order chi connectivity index (χ1) is 18.3. The van der Waals surface area contributed by atoms with E-state index in [2.05, 4.69) is 10.1 Å². The van der Waals surface area contributed by atoms with E-state index in [0.717, 1.165) is 11.1 Å². The molecular weight excluding hydrogens is 510 g/mol. The van der Waals surface area contributed by atoms with Crippen LogP contribution in [0.15, 0.2) is 54.6 Å². The summed E-state index contributed by atoms with van der Waals surface area (Å²) in [6, 6.07) is 15.7. The molecule has 10 heteroatoms. The van der Waals surface area contributed by atoms with Crippen LogP contribution in [-0.4, -0.2) is 44.3 Å². The van der Waals surface area contributed by atoms with Crippen molar-refractivity contribution in [1.82, 2.24) is 24.3 Å². The van der Waals surface area contributed by atoms with Gasteiger partial charge in [-0.2, -0.15) is 13.9 Å². The molecule has 3 aromatic carbocycles. The maximum atomic E-state index is 14.9. The smallest absolute Gasteiger partial charge is 0.387 e. The normalized spacial score (nSPS) is 14.5. The third-order valence-electron chi connectivity index (χ3n) is 6.84. The summed E-state index contributed by atoms with van der Waals surface area (Å²) in [5.74, 6) is 1.56. The van der Waals surface area contributed by atoms with Crippen molar-refractivity contribution in [2.24, 2.45) is 0 Å². The monoisotopic (exact) mass is 535 g/mol. The molecule has 5 aromatic rings. The zero-order chi connectivity index (χ0) is 26.7. The van der Waals surface area contributed by atoms with E-state index in [0.29, 0.717) is 51.5 Å². The Labute approximate surface area is 218 Å². The SMILES string of the molecule is CCC1c2nc3ccc(-c4ccc(P(C)C)c(F)c4)cc3n2-c2c(OC(F)F)cccc2-c2nc(C)nn21. The zero-order valence-corrected chi connectivity index (χ0v) is 22.2. The molecule has 6 nitrogen and oxygen atoms in total. The number of benzene rings is 3. The van der Waals surface area contributed by atoms with Crippen LogP contribution in [0.3, 0.4) is 0 Å². The maximum absolute atomic E-state index is 14.9. The Bertz CT molecular complexity index is 1690. The summed E-state index contributed by atoms with van der Waals surface area (Å²) in [5.41, 5.74) is 3.94. The number of aryl methyl sites for hydroxylation is 1. The minimum Gasteiger partial charge on any atom is -0.433 e. The fraction of sp³-hybridized carbons (Fsp3) is 0.250. The molecule has 1 aliphatic rings. The topological polar surface area (TPSA) is 57.8 Å². The van der Waals surface area contributed by atoms with Crippen LogP contribution in [0, 0.1) is 12.7 Å². The van der Waals surface area contributed by atoms with Gasteiger partial charge in [-0.15, -0.1) is 0 Å². The molecule has 1 aliphatic heterocycles. The highest BCUT2D eigenvalue weighted by molar-refractivity contribution is 7.64. The number of fused-ring (bicyclic) bond motifs is 7. The summed E-state index contributed by atoms with van der Waals surface area (Å²) in [7, 11) is -0.574. The molecular formula is C28H25F3N5OP. The summed E-state index contributed by atoms with van der Waals surface area (Å²) >= 11 is 0. The molecule has 0 bridgehead atoms. The van der Waals surface area contributed by atoms with E-state index in [-0.39, 0.29) is 17.6 Å². The van der Waals surface area contributed by atoms with Crippen LogP contribution in [0.2, 0.25) is 0 Å². The van der Waals surface area contributed by atoms with E-state index >= 15 is 0 Å². The number of hydrogen-bond acceptors (Lipinski definition) is 4. The van der Waals surface area contributed by atoms with Crippen LogP contribution >= 0.6 is 7.92 Å². The Morgan fingerprint density at radius 2 is 1.79 bits per heavy atom.